The zero-order valence-corrected chi connectivity index (χ0v) is 13.0. The van der Waals surface area contributed by atoms with E-state index in [1.807, 2.05) is 0 Å². The van der Waals surface area contributed by atoms with Crippen LogP contribution in [-0.2, 0) is 0 Å². The van der Waals surface area contributed by atoms with Crippen LogP contribution in [0.15, 0.2) is 0 Å². The Morgan fingerprint density at radius 2 is 1.68 bits per heavy atom. The molecule has 1 aliphatic heterocycles. The van der Waals surface area contributed by atoms with E-state index in [1.165, 1.54) is 58.2 Å². The summed E-state index contributed by atoms with van der Waals surface area (Å²) in [7, 11) is 2.27. The van der Waals surface area contributed by atoms with Gasteiger partial charge in [0.05, 0.1) is 0 Å². The molecule has 2 fully saturated rings. The van der Waals surface area contributed by atoms with Crippen LogP contribution in [0.4, 0.5) is 0 Å². The normalized spacial score (nSPS) is 33.0. The third-order valence-corrected chi connectivity index (χ3v) is 4.93. The van der Waals surface area contributed by atoms with Crippen LogP contribution in [0.25, 0.3) is 0 Å². The molecule has 3 nitrogen and oxygen atoms in total. The van der Waals surface area contributed by atoms with E-state index in [2.05, 4.69) is 23.8 Å². The van der Waals surface area contributed by atoms with Crippen LogP contribution in [0, 0.1) is 5.92 Å². The highest BCUT2D eigenvalue weighted by Crippen LogP contribution is 2.27. The van der Waals surface area contributed by atoms with Crippen molar-refractivity contribution in [3.8, 4) is 0 Å². The topological polar surface area (TPSA) is 32.5 Å². The fourth-order valence-electron chi connectivity index (χ4n) is 4.12. The molecule has 2 rings (SSSR count). The first-order valence-electron chi connectivity index (χ1n) is 8.35. The van der Waals surface area contributed by atoms with E-state index in [0.29, 0.717) is 6.04 Å². The molecule has 1 heterocycles. The number of hydrogen-bond acceptors (Lipinski definition) is 3. The fraction of sp³-hybridized carbons (Fsp3) is 1.00. The summed E-state index contributed by atoms with van der Waals surface area (Å²) < 4.78 is 0. The summed E-state index contributed by atoms with van der Waals surface area (Å²) in [5.41, 5.74) is 5.87. The van der Waals surface area contributed by atoms with Gasteiger partial charge in [-0.15, -0.1) is 0 Å². The molecule has 1 saturated heterocycles. The Labute approximate surface area is 119 Å². The van der Waals surface area contributed by atoms with Gasteiger partial charge in [0.1, 0.15) is 0 Å². The van der Waals surface area contributed by atoms with Crippen LogP contribution in [0.1, 0.15) is 51.9 Å². The maximum absolute atomic E-state index is 5.87. The number of likely N-dealkylation sites (N-methyl/N-ethyl adjacent to an activating group) is 1. The summed E-state index contributed by atoms with van der Waals surface area (Å²) in [6.07, 6.45) is 9.74. The van der Waals surface area contributed by atoms with Gasteiger partial charge in [0, 0.05) is 31.7 Å². The van der Waals surface area contributed by atoms with Gasteiger partial charge < -0.3 is 10.6 Å². The Bertz CT molecular complexity index is 248. The molecule has 1 saturated carbocycles. The Morgan fingerprint density at radius 1 is 1.00 bits per heavy atom. The van der Waals surface area contributed by atoms with E-state index >= 15 is 0 Å². The minimum atomic E-state index is 0.683. The van der Waals surface area contributed by atoms with Gasteiger partial charge in [0.15, 0.2) is 0 Å². The van der Waals surface area contributed by atoms with Crippen molar-refractivity contribution in [2.24, 2.45) is 11.7 Å². The molecule has 0 aromatic heterocycles. The van der Waals surface area contributed by atoms with Gasteiger partial charge in [-0.1, -0.05) is 32.6 Å². The predicted octanol–water partition coefficient (Wildman–Crippen LogP) is 2.31. The van der Waals surface area contributed by atoms with Crippen molar-refractivity contribution in [2.75, 3.05) is 33.2 Å². The molecule has 2 N–H and O–H groups in total. The van der Waals surface area contributed by atoms with E-state index in [-0.39, 0.29) is 0 Å². The molecule has 0 amide bonds. The van der Waals surface area contributed by atoms with E-state index in [4.69, 9.17) is 5.73 Å². The predicted molar refractivity (Wildman–Crippen MR) is 82.3 cm³/mol. The standard InChI is InChI=1S/C16H33N3/c1-14-11-18(2)13-16(9-10-17)19(12-14)15-7-5-3-4-6-8-15/h14-16H,3-13,17H2,1-2H3. The molecule has 0 bridgehead atoms. The number of rotatable bonds is 3. The number of nitrogens with zero attached hydrogens (tertiary/aromatic N) is 2. The first-order valence-corrected chi connectivity index (χ1v) is 8.35. The van der Waals surface area contributed by atoms with Crippen molar-refractivity contribution >= 4 is 0 Å². The lowest BCUT2D eigenvalue weighted by Crippen LogP contribution is -2.47. The van der Waals surface area contributed by atoms with E-state index in [9.17, 15) is 0 Å². The Hall–Kier alpha value is -0.120. The zero-order chi connectivity index (χ0) is 13.7. The van der Waals surface area contributed by atoms with Crippen LogP contribution in [0.3, 0.4) is 0 Å². The summed E-state index contributed by atoms with van der Waals surface area (Å²) >= 11 is 0. The second-order valence-corrected chi connectivity index (χ2v) is 6.90. The highest BCUT2D eigenvalue weighted by atomic mass is 15.3. The highest BCUT2D eigenvalue weighted by molar-refractivity contribution is 4.87. The monoisotopic (exact) mass is 267 g/mol. The van der Waals surface area contributed by atoms with E-state index in [1.54, 1.807) is 0 Å². The lowest BCUT2D eigenvalue weighted by atomic mass is 10.0. The van der Waals surface area contributed by atoms with Gasteiger partial charge in [0.2, 0.25) is 0 Å². The number of nitrogens with two attached hydrogens (primary N) is 1. The summed E-state index contributed by atoms with van der Waals surface area (Å²) in [6, 6.07) is 1.51. The summed E-state index contributed by atoms with van der Waals surface area (Å²) in [5, 5.41) is 0. The maximum Gasteiger partial charge on any atom is 0.0238 e. The third kappa shape index (κ3) is 4.44. The molecule has 0 aromatic rings. The molecule has 0 radical (unpaired) electrons. The van der Waals surface area contributed by atoms with Crippen LogP contribution < -0.4 is 5.73 Å². The zero-order valence-electron chi connectivity index (χ0n) is 13.0. The third-order valence-electron chi connectivity index (χ3n) is 4.93. The SMILES string of the molecule is CC1CN(C)CC(CCN)N(C2CCCCCC2)C1. The summed E-state index contributed by atoms with van der Waals surface area (Å²) in [5.74, 6) is 0.788. The average molecular weight is 267 g/mol. The molecule has 0 spiro atoms. The Morgan fingerprint density at radius 3 is 2.32 bits per heavy atom. The van der Waals surface area contributed by atoms with Crippen molar-refractivity contribution < 1.29 is 0 Å². The lowest BCUT2D eigenvalue weighted by molar-refractivity contribution is 0.107. The van der Waals surface area contributed by atoms with Crippen LogP contribution >= 0.6 is 0 Å². The molecule has 19 heavy (non-hydrogen) atoms. The van der Waals surface area contributed by atoms with Gasteiger partial charge in [0.25, 0.3) is 0 Å². The van der Waals surface area contributed by atoms with Crippen molar-refractivity contribution in [1.82, 2.24) is 9.80 Å². The van der Waals surface area contributed by atoms with Crippen LogP contribution in [-0.4, -0.2) is 55.1 Å². The second-order valence-electron chi connectivity index (χ2n) is 6.90. The highest BCUT2D eigenvalue weighted by Gasteiger charge is 2.31. The second kappa shape index (κ2) is 7.61. The van der Waals surface area contributed by atoms with Crippen molar-refractivity contribution in [1.29, 1.82) is 0 Å². The summed E-state index contributed by atoms with van der Waals surface area (Å²) in [4.78, 5) is 5.36. The quantitative estimate of drug-likeness (QED) is 0.797. The number of hydrogen-bond donors (Lipinski definition) is 1. The van der Waals surface area contributed by atoms with Crippen molar-refractivity contribution in [3.63, 3.8) is 0 Å². The molecule has 2 atom stereocenters. The van der Waals surface area contributed by atoms with Gasteiger partial charge >= 0.3 is 0 Å². The average Bonchev–Trinajstić information content (AvgIpc) is 2.69. The molecule has 112 valence electrons. The van der Waals surface area contributed by atoms with E-state index in [0.717, 1.165) is 24.9 Å². The molecule has 3 heteroatoms. The first kappa shape index (κ1) is 15.3. The van der Waals surface area contributed by atoms with Crippen molar-refractivity contribution in [2.45, 2.75) is 64.0 Å². The lowest BCUT2D eigenvalue weighted by Gasteiger charge is -2.38. The maximum atomic E-state index is 5.87. The van der Waals surface area contributed by atoms with Gasteiger partial charge in [-0.3, -0.25) is 4.90 Å². The summed E-state index contributed by atoms with van der Waals surface area (Å²) in [6.45, 7) is 6.96. The fourth-order valence-corrected chi connectivity index (χ4v) is 4.12. The van der Waals surface area contributed by atoms with Gasteiger partial charge in [-0.2, -0.15) is 0 Å². The van der Waals surface area contributed by atoms with Crippen molar-refractivity contribution in [3.05, 3.63) is 0 Å². The smallest absolute Gasteiger partial charge is 0.0238 e. The molecular formula is C16H33N3. The molecule has 1 aliphatic carbocycles. The Kier molecular flexibility index (Phi) is 6.11. The molecule has 2 aliphatic rings. The van der Waals surface area contributed by atoms with Gasteiger partial charge in [-0.25, -0.2) is 0 Å². The molecule has 2 unspecified atom stereocenters. The van der Waals surface area contributed by atoms with E-state index < -0.39 is 0 Å². The molecule has 0 aromatic carbocycles. The Balaban J connectivity index is 2.06. The molecular weight excluding hydrogens is 234 g/mol. The van der Waals surface area contributed by atoms with Crippen LogP contribution in [0.5, 0.6) is 0 Å². The van der Waals surface area contributed by atoms with Gasteiger partial charge in [-0.05, 0) is 38.8 Å². The van der Waals surface area contributed by atoms with Crippen LogP contribution in [0.2, 0.25) is 0 Å². The minimum Gasteiger partial charge on any atom is -0.330 e. The largest absolute Gasteiger partial charge is 0.330 e. The first-order chi connectivity index (χ1) is 9.20. The minimum absolute atomic E-state index is 0.683.